The molecule has 202 valence electrons. The van der Waals surface area contributed by atoms with Crippen molar-refractivity contribution in [2.75, 3.05) is 29.4 Å². The summed E-state index contributed by atoms with van der Waals surface area (Å²) in [5.74, 6) is -0.557. The van der Waals surface area contributed by atoms with E-state index in [1.54, 1.807) is 4.90 Å². The number of aromatic amines is 1. The van der Waals surface area contributed by atoms with Crippen LogP contribution in [-0.4, -0.2) is 47.5 Å². The topological polar surface area (TPSA) is 122 Å². The molecule has 1 atom stereocenters. The van der Waals surface area contributed by atoms with Crippen LogP contribution in [0.4, 0.5) is 11.6 Å². The SMILES string of the molecule is NC(C(=O)OCc1ccccc1)C(=O)N1CC2(CCN(c3nc4c(c(=O)[nH]3)CCCC4)CC2)c2ccccc21. The smallest absolute Gasteiger partial charge is 0.333 e. The monoisotopic (exact) mass is 527 g/mol. The summed E-state index contributed by atoms with van der Waals surface area (Å²) in [5.41, 5.74) is 10.3. The molecule has 0 bridgehead atoms. The number of anilines is 2. The van der Waals surface area contributed by atoms with E-state index in [9.17, 15) is 14.4 Å². The molecule has 3 aliphatic rings. The fraction of sp³-hybridized carbons (Fsp3) is 0.400. The second-order valence-corrected chi connectivity index (χ2v) is 10.8. The van der Waals surface area contributed by atoms with E-state index in [2.05, 4.69) is 16.0 Å². The maximum Gasteiger partial charge on any atom is 0.333 e. The molecule has 0 saturated carbocycles. The molecule has 1 amide bonds. The number of hydrogen-bond donors (Lipinski definition) is 2. The number of amides is 1. The molecule has 39 heavy (non-hydrogen) atoms. The Labute approximate surface area is 227 Å². The van der Waals surface area contributed by atoms with Gasteiger partial charge in [0.25, 0.3) is 11.5 Å². The molecule has 1 unspecified atom stereocenters. The summed E-state index contributed by atoms with van der Waals surface area (Å²) in [6, 6.07) is 15.8. The number of fused-ring (bicyclic) bond motifs is 3. The Morgan fingerprint density at radius 3 is 2.54 bits per heavy atom. The molecule has 1 fully saturated rings. The summed E-state index contributed by atoms with van der Waals surface area (Å²) in [5, 5.41) is 0. The number of nitrogens with zero attached hydrogens (tertiary/aromatic N) is 3. The van der Waals surface area contributed by atoms with Crippen LogP contribution in [0.25, 0.3) is 0 Å². The Balaban J connectivity index is 1.17. The van der Waals surface area contributed by atoms with Gasteiger partial charge in [0, 0.05) is 36.3 Å². The van der Waals surface area contributed by atoms with Crippen molar-refractivity contribution in [1.29, 1.82) is 0 Å². The predicted molar refractivity (Wildman–Crippen MR) is 148 cm³/mol. The fourth-order valence-corrected chi connectivity index (χ4v) is 6.23. The van der Waals surface area contributed by atoms with Gasteiger partial charge >= 0.3 is 5.97 Å². The second-order valence-electron chi connectivity index (χ2n) is 10.8. The van der Waals surface area contributed by atoms with Gasteiger partial charge in [-0.05, 0) is 55.7 Å². The van der Waals surface area contributed by atoms with E-state index in [0.29, 0.717) is 25.6 Å². The highest BCUT2D eigenvalue weighted by Crippen LogP contribution is 2.47. The summed E-state index contributed by atoms with van der Waals surface area (Å²) < 4.78 is 5.35. The number of aryl methyl sites for hydroxylation is 1. The summed E-state index contributed by atoms with van der Waals surface area (Å²) in [6.45, 7) is 1.91. The first-order valence-corrected chi connectivity index (χ1v) is 13.7. The third-order valence-corrected chi connectivity index (χ3v) is 8.44. The highest BCUT2D eigenvalue weighted by Gasteiger charge is 2.48. The average Bonchev–Trinajstić information content (AvgIpc) is 3.29. The molecule has 2 aliphatic heterocycles. The first kappa shape index (κ1) is 25.3. The van der Waals surface area contributed by atoms with Crippen LogP contribution in [0.5, 0.6) is 0 Å². The fourth-order valence-electron chi connectivity index (χ4n) is 6.23. The predicted octanol–water partition coefficient (Wildman–Crippen LogP) is 2.60. The Morgan fingerprint density at radius 2 is 1.74 bits per heavy atom. The van der Waals surface area contributed by atoms with Gasteiger partial charge in [0.15, 0.2) is 6.04 Å². The minimum Gasteiger partial charge on any atom is -0.459 e. The van der Waals surface area contributed by atoms with Crippen molar-refractivity contribution in [3.8, 4) is 0 Å². The average molecular weight is 528 g/mol. The van der Waals surface area contributed by atoms with E-state index in [4.69, 9.17) is 15.5 Å². The van der Waals surface area contributed by atoms with Crippen LogP contribution in [0.3, 0.4) is 0 Å². The number of para-hydroxylation sites is 1. The van der Waals surface area contributed by atoms with Gasteiger partial charge < -0.3 is 20.3 Å². The van der Waals surface area contributed by atoms with Crippen molar-refractivity contribution in [3.05, 3.63) is 87.3 Å². The number of carbonyl (C=O) groups excluding carboxylic acids is 2. The molecular weight excluding hydrogens is 494 g/mol. The minimum atomic E-state index is -1.40. The standard InChI is InChI=1S/C30H33N5O4/c31-25(28(38)39-18-20-8-2-1-3-9-20)27(37)35-19-30(22-11-5-7-13-24(22)35)14-16-34(17-15-30)29-32-23-12-6-4-10-21(23)26(36)33-29/h1-3,5,7-9,11,13,25H,4,6,10,12,14-19,31H2,(H,32,33,36). The molecule has 3 heterocycles. The first-order chi connectivity index (χ1) is 18.9. The first-order valence-electron chi connectivity index (χ1n) is 13.7. The number of piperidine rings is 1. The van der Waals surface area contributed by atoms with Crippen molar-refractivity contribution in [1.82, 2.24) is 9.97 Å². The number of nitrogens with one attached hydrogen (secondary N) is 1. The Hall–Kier alpha value is -3.98. The van der Waals surface area contributed by atoms with Crippen molar-refractivity contribution in [2.24, 2.45) is 5.73 Å². The molecule has 0 radical (unpaired) electrons. The lowest BCUT2D eigenvalue weighted by Gasteiger charge is -2.40. The Morgan fingerprint density at radius 1 is 1.03 bits per heavy atom. The largest absolute Gasteiger partial charge is 0.459 e. The van der Waals surface area contributed by atoms with Crippen LogP contribution < -0.4 is 21.1 Å². The van der Waals surface area contributed by atoms with Crippen LogP contribution in [-0.2, 0) is 39.2 Å². The zero-order valence-electron chi connectivity index (χ0n) is 21.9. The Kier molecular flexibility index (Phi) is 6.68. The number of rotatable bonds is 5. The van der Waals surface area contributed by atoms with E-state index in [1.807, 2.05) is 48.5 Å². The van der Waals surface area contributed by atoms with Crippen molar-refractivity contribution >= 4 is 23.5 Å². The number of benzene rings is 2. The molecule has 9 nitrogen and oxygen atoms in total. The number of esters is 1. The highest BCUT2D eigenvalue weighted by molar-refractivity contribution is 6.10. The van der Waals surface area contributed by atoms with Crippen molar-refractivity contribution in [2.45, 2.75) is 56.6 Å². The van der Waals surface area contributed by atoms with E-state index < -0.39 is 17.9 Å². The third-order valence-electron chi connectivity index (χ3n) is 8.44. The second kappa shape index (κ2) is 10.3. The van der Waals surface area contributed by atoms with Crippen LogP contribution in [0, 0.1) is 0 Å². The number of carbonyl (C=O) groups is 2. The van der Waals surface area contributed by atoms with E-state index in [0.717, 1.165) is 66.6 Å². The van der Waals surface area contributed by atoms with Crippen LogP contribution >= 0.6 is 0 Å². The van der Waals surface area contributed by atoms with E-state index in [1.165, 1.54) is 0 Å². The van der Waals surface area contributed by atoms with Gasteiger partial charge in [0.05, 0.1) is 5.69 Å². The van der Waals surface area contributed by atoms with Crippen LogP contribution in [0.15, 0.2) is 59.4 Å². The molecular formula is C30H33N5O4. The summed E-state index contributed by atoms with van der Waals surface area (Å²) in [4.78, 5) is 50.5. The van der Waals surface area contributed by atoms with Gasteiger partial charge in [-0.3, -0.25) is 14.6 Å². The number of ether oxygens (including phenoxy) is 1. The number of H-pyrrole nitrogens is 1. The minimum absolute atomic E-state index is 0.0221. The molecule has 9 heteroatoms. The van der Waals surface area contributed by atoms with Gasteiger partial charge in [-0.2, -0.15) is 0 Å². The number of hydrogen-bond acceptors (Lipinski definition) is 7. The molecule has 3 aromatic rings. The van der Waals surface area contributed by atoms with Crippen molar-refractivity contribution in [3.63, 3.8) is 0 Å². The quantitative estimate of drug-likeness (QED) is 0.386. The molecule has 2 aromatic carbocycles. The van der Waals surface area contributed by atoms with E-state index in [-0.39, 0.29) is 17.6 Å². The maximum absolute atomic E-state index is 13.5. The lowest BCUT2D eigenvalue weighted by Crippen LogP contribution is -2.52. The zero-order chi connectivity index (χ0) is 27.0. The van der Waals surface area contributed by atoms with Crippen molar-refractivity contribution < 1.29 is 14.3 Å². The lowest BCUT2D eigenvalue weighted by molar-refractivity contribution is -0.149. The number of aromatic nitrogens is 2. The molecule has 6 rings (SSSR count). The molecule has 1 aromatic heterocycles. The molecule has 1 saturated heterocycles. The maximum atomic E-state index is 13.5. The van der Waals surface area contributed by atoms with Gasteiger partial charge in [0.2, 0.25) is 5.95 Å². The normalized spacial score (nSPS) is 18.4. The summed E-state index contributed by atoms with van der Waals surface area (Å²) in [6.07, 6.45) is 5.30. The summed E-state index contributed by atoms with van der Waals surface area (Å²) >= 11 is 0. The van der Waals surface area contributed by atoms with Gasteiger partial charge in [-0.1, -0.05) is 48.5 Å². The zero-order valence-corrected chi connectivity index (χ0v) is 21.9. The molecule has 1 spiro atoms. The molecule has 1 aliphatic carbocycles. The van der Waals surface area contributed by atoms with E-state index >= 15 is 0 Å². The van der Waals surface area contributed by atoms with Gasteiger partial charge in [-0.15, -0.1) is 0 Å². The Bertz CT molecular complexity index is 1450. The van der Waals surface area contributed by atoms with Crippen LogP contribution in [0.1, 0.15) is 48.1 Å². The molecule has 3 N–H and O–H groups in total. The lowest BCUT2D eigenvalue weighted by atomic mass is 9.74. The third kappa shape index (κ3) is 4.71. The highest BCUT2D eigenvalue weighted by atomic mass is 16.5. The van der Waals surface area contributed by atoms with Gasteiger partial charge in [-0.25, -0.2) is 9.78 Å². The summed E-state index contributed by atoms with van der Waals surface area (Å²) in [7, 11) is 0. The number of nitrogens with two attached hydrogens (primary N) is 1. The van der Waals surface area contributed by atoms with Crippen LogP contribution in [0.2, 0.25) is 0 Å². The van der Waals surface area contributed by atoms with Gasteiger partial charge in [0.1, 0.15) is 6.61 Å².